The van der Waals surface area contributed by atoms with Crippen molar-refractivity contribution in [3.8, 4) is 16.8 Å². The predicted molar refractivity (Wildman–Crippen MR) is 238 cm³/mol. The smallest absolute Gasteiger partial charge is 0.159 e. The van der Waals surface area contributed by atoms with E-state index < -0.39 is 0 Å². The van der Waals surface area contributed by atoms with E-state index in [4.69, 9.17) is 14.4 Å². The Morgan fingerprint density at radius 1 is 0.509 bits per heavy atom. The molecule has 57 heavy (non-hydrogen) atoms. The average molecular weight is 749 g/mol. The van der Waals surface area contributed by atoms with Crippen molar-refractivity contribution >= 4 is 86.9 Å². The first-order chi connectivity index (χ1) is 28.2. The normalized spacial score (nSPS) is 14.5. The van der Waals surface area contributed by atoms with E-state index >= 15 is 0 Å². The third kappa shape index (κ3) is 5.15. The van der Waals surface area contributed by atoms with E-state index in [1.165, 1.54) is 47.5 Å². The maximum atomic E-state index is 6.57. The second-order valence-electron chi connectivity index (χ2n) is 14.6. The highest BCUT2D eigenvalue weighted by molar-refractivity contribution is 7.25. The van der Waals surface area contributed by atoms with Crippen LogP contribution in [0.15, 0.2) is 196 Å². The molecule has 268 valence electrons. The first-order valence-electron chi connectivity index (χ1n) is 19.2. The number of hydrogen-bond acceptors (Lipinski definition) is 5. The standard InChI is InChI=1S/C51H32N4OS/c1-3-12-31(13-4-1)49-52-50(54-51(53-49)34-23-26-39-38-16-8-10-21-46(38)57-47(39)30-34)33-22-25-37-41-28-32(24-27-44(41)56-45(37)29-33)36-18-11-20-43-48(36)40-17-7-9-19-42(40)55(43)35-14-5-2-6-15-35/h1-30,51H,(H,52,53,54). The highest BCUT2D eigenvalue weighted by Gasteiger charge is 2.23. The topological polar surface area (TPSA) is 54.8 Å². The Kier molecular flexibility index (Phi) is 7.09. The molecular weight excluding hydrogens is 717 g/mol. The van der Waals surface area contributed by atoms with Crippen molar-refractivity contribution in [2.75, 3.05) is 0 Å². The molecule has 0 amide bonds. The number of benzene rings is 8. The van der Waals surface area contributed by atoms with Crippen LogP contribution in [0.1, 0.15) is 22.9 Å². The lowest BCUT2D eigenvalue weighted by atomic mass is 9.97. The Morgan fingerprint density at radius 3 is 2.14 bits per heavy atom. The Labute approximate surface area is 331 Å². The number of aliphatic imine (C=N–C) groups is 2. The van der Waals surface area contributed by atoms with E-state index in [1.54, 1.807) is 0 Å². The molecule has 1 atom stereocenters. The number of rotatable bonds is 5. The number of fused-ring (bicyclic) bond motifs is 9. The fourth-order valence-corrected chi connectivity index (χ4v) is 9.76. The van der Waals surface area contributed by atoms with Crippen LogP contribution in [0.25, 0.3) is 80.7 Å². The lowest BCUT2D eigenvalue weighted by Crippen LogP contribution is -2.33. The zero-order chi connectivity index (χ0) is 37.5. The van der Waals surface area contributed by atoms with Gasteiger partial charge < -0.3 is 14.3 Å². The first kappa shape index (κ1) is 32.0. The van der Waals surface area contributed by atoms with E-state index in [-0.39, 0.29) is 6.17 Å². The van der Waals surface area contributed by atoms with E-state index in [2.05, 4.69) is 174 Å². The Morgan fingerprint density at radius 2 is 1.25 bits per heavy atom. The molecular formula is C51H32N4OS. The number of nitrogens with one attached hydrogen (secondary N) is 1. The van der Waals surface area contributed by atoms with Gasteiger partial charge in [-0.2, -0.15) is 0 Å². The van der Waals surface area contributed by atoms with E-state index in [0.717, 1.165) is 55.7 Å². The number of furan rings is 1. The van der Waals surface area contributed by atoms with Crippen LogP contribution in [-0.4, -0.2) is 16.2 Å². The number of amidine groups is 2. The van der Waals surface area contributed by atoms with Gasteiger partial charge in [0.15, 0.2) is 5.84 Å². The molecule has 1 aliphatic rings. The van der Waals surface area contributed by atoms with E-state index in [1.807, 2.05) is 29.5 Å². The van der Waals surface area contributed by atoms with Gasteiger partial charge in [0.2, 0.25) is 0 Å². The SMILES string of the molecule is c1ccc(C2=NC(c3ccc4c(c3)oc3ccc(-c5cccc6c5c5ccccc5n6-c5ccccc5)cc34)=NC(c3ccc4c(c3)sc3ccccc34)N2)cc1. The number of hydrogen-bond donors (Lipinski definition) is 1. The van der Waals surface area contributed by atoms with Gasteiger partial charge in [0.05, 0.1) is 11.0 Å². The summed E-state index contributed by atoms with van der Waals surface area (Å²) in [7, 11) is 0. The summed E-state index contributed by atoms with van der Waals surface area (Å²) in [5.74, 6) is 1.46. The third-order valence-corrected chi connectivity index (χ3v) is 12.4. The molecule has 6 heteroatoms. The van der Waals surface area contributed by atoms with Gasteiger partial charge in [0.25, 0.3) is 0 Å². The van der Waals surface area contributed by atoms with Gasteiger partial charge in [-0.05, 0) is 77.4 Å². The third-order valence-electron chi connectivity index (χ3n) is 11.3. The Hall–Kier alpha value is -7.28. The summed E-state index contributed by atoms with van der Waals surface area (Å²) in [6, 6.07) is 64.4. The summed E-state index contributed by atoms with van der Waals surface area (Å²) in [6.45, 7) is 0. The van der Waals surface area contributed by atoms with Crippen LogP contribution in [0.3, 0.4) is 0 Å². The first-order valence-corrected chi connectivity index (χ1v) is 20.0. The van der Waals surface area contributed by atoms with Crippen molar-refractivity contribution in [1.29, 1.82) is 0 Å². The molecule has 1 aliphatic heterocycles. The van der Waals surface area contributed by atoms with Crippen LogP contribution in [0.2, 0.25) is 0 Å². The molecule has 11 aromatic rings. The van der Waals surface area contributed by atoms with Crippen molar-refractivity contribution in [3.63, 3.8) is 0 Å². The molecule has 4 heterocycles. The maximum Gasteiger partial charge on any atom is 0.159 e. The predicted octanol–water partition coefficient (Wildman–Crippen LogP) is 13.2. The van der Waals surface area contributed by atoms with Gasteiger partial charge in [-0.15, -0.1) is 11.3 Å². The summed E-state index contributed by atoms with van der Waals surface area (Å²) >= 11 is 1.82. The molecule has 0 fully saturated rings. The van der Waals surface area contributed by atoms with Gasteiger partial charge in [0.1, 0.15) is 23.2 Å². The zero-order valence-corrected chi connectivity index (χ0v) is 31.4. The van der Waals surface area contributed by atoms with Crippen molar-refractivity contribution in [3.05, 3.63) is 199 Å². The number of thiophene rings is 1. The molecule has 8 aromatic carbocycles. The van der Waals surface area contributed by atoms with Crippen molar-refractivity contribution in [2.45, 2.75) is 6.17 Å². The molecule has 0 aliphatic carbocycles. The van der Waals surface area contributed by atoms with Crippen LogP contribution in [0.4, 0.5) is 0 Å². The zero-order valence-electron chi connectivity index (χ0n) is 30.6. The van der Waals surface area contributed by atoms with Crippen LogP contribution in [0.5, 0.6) is 0 Å². The molecule has 0 saturated carbocycles. The summed E-state index contributed by atoms with van der Waals surface area (Å²) in [6.07, 6.45) is -0.313. The van der Waals surface area contributed by atoms with Crippen LogP contribution in [-0.2, 0) is 0 Å². The van der Waals surface area contributed by atoms with Crippen LogP contribution >= 0.6 is 11.3 Å². The minimum atomic E-state index is -0.313. The Bertz CT molecular complexity index is 3450. The second-order valence-corrected chi connectivity index (χ2v) is 15.7. The number of aromatic nitrogens is 1. The molecule has 12 rings (SSSR count). The average Bonchev–Trinajstić information content (AvgIpc) is 3.95. The minimum absolute atomic E-state index is 0.313. The van der Waals surface area contributed by atoms with Gasteiger partial charge in [-0.3, -0.25) is 0 Å². The highest BCUT2D eigenvalue weighted by Crippen LogP contribution is 2.41. The molecule has 0 saturated heterocycles. The second kappa shape index (κ2) is 12.6. The summed E-state index contributed by atoms with van der Waals surface area (Å²) in [4.78, 5) is 10.3. The molecule has 1 unspecified atom stereocenters. The molecule has 0 radical (unpaired) electrons. The number of para-hydroxylation sites is 2. The van der Waals surface area contributed by atoms with Crippen molar-refractivity contribution in [2.24, 2.45) is 9.98 Å². The maximum absolute atomic E-state index is 6.57. The van der Waals surface area contributed by atoms with Gasteiger partial charge in [0, 0.05) is 58.5 Å². The van der Waals surface area contributed by atoms with Gasteiger partial charge >= 0.3 is 0 Å². The minimum Gasteiger partial charge on any atom is -0.456 e. The van der Waals surface area contributed by atoms with Crippen molar-refractivity contribution < 1.29 is 4.42 Å². The summed E-state index contributed by atoms with van der Waals surface area (Å²) in [5.41, 5.74) is 10.5. The van der Waals surface area contributed by atoms with Gasteiger partial charge in [-0.25, -0.2) is 9.98 Å². The highest BCUT2D eigenvalue weighted by atomic mass is 32.1. The molecule has 3 aromatic heterocycles. The monoisotopic (exact) mass is 748 g/mol. The molecule has 0 spiro atoms. The largest absolute Gasteiger partial charge is 0.456 e. The van der Waals surface area contributed by atoms with Crippen LogP contribution < -0.4 is 5.32 Å². The lowest BCUT2D eigenvalue weighted by Gasteiger charge is -2.23. The fraction of sp³-hybridized carbons (Fsp3) is 0.0196. The lowest BCUT2D eigenvalue weighted by molar-refractivity contribution is 0.667. The van der Waals surface area contributed by atoms with Gasteiger partial charge in [-0.1, -0.05) is 121 Å². The summed E-state index contributed by atoms with van der Waals surface area (Å²) in [5, 5.41) is 10.8. The van der Waals surface area contributed by atoms with Crippen molar-refractivity contribution in [1.82, 2.24) is 9.88 Å². The summed E-state index contributed by atoms with van der Waals surface area (Å²) < 4.78 is 11.5. The quantitative estimate of drug-likeness (QED) is 0.191. The van der Waals surface area contributed by atoms with Crippen LogP contribution in [0, 0.1) is 0 Å². The molecule has 5 nitrogen and oxygen atoms in total. The van der Waals surface area contributed by atoms with E-state index in [9.17, 15) is 0 Å². The fourth-order valence-electron chi connectivity index (χ4n) is 8.60. The Balaban J connectivity index is 0.968. The molecule has 0 bridgehead atoms. The van der Waals surface area contributed by atoms with E-state index in [0.29, 0.717) is 5.84 Å². The number of nitrogens with zero attached hydrogens (tertiary/aromatic N) is 3. The molecule has 1 N–H and O–H groups in total.